The van der Waals surface area contributed by atoms with Crippen LogP contribution in [0.25, 0.3) is 21.8 Å². The van der Waals surface area contributed by atoms with Gasteiger partial charge in [0, 0.05) is 36.3 Å². The zero-order chi connectivity index (χ0) is 28.1. The van der Waals surface area contributed by atoms with E-state index in [2.05, 4.69) is 46.5 Å². The van der Waals surface area contributed by atoms with E-state index in [4.69, 9.17) is 10.2 Å². The molecule has 0 spiro atoms. The number of nitrogens with two attached hydrogens (primary N) is 1. The molecular formula is C29H33FN6O2Si. The maximum atomic E-state index is 15.3. The van der Waals surface area contributed by atoms with Crippen molar-refractivity contribution in [3.8, 4) is 11.8 Å². The maximum Gasteiger partial charge on any atom is 0.257 e. The summed E-state index contributed by atoms with van der Waals surface area (Å²) in [4.78, 5) is 24.3. The smallest absolute Gasteiger partial charge is 0.257 e. The SMILES string of the molecule is Cn1ncc2c(N)nc3cc(F)c(C(=O)N(Cc4ccc(C#CC(C)(C)O[Si](C)(C)C)cn4)C4CC4)cc3c21. The first-order valence-corrected chi connectivity index (χ1v) is 16.4. The molecule has 1 aliphatic rings. The third kappa shape index (κ3) is 5.79. The molecule has 1 amide bonds. The number of carbonyl (C=O) groups excluding carboxylic acids is 1. The van der Waals surface area contributed by atoms with Gasteiger partial charge < -0.3 is 15.1 Å². The average molecular weight is 545 g/mol. The van der Waals surface area contributed by atoms with Gasteiger partial charge in [-0.3, -0.25) is 14.5 Å². The van der Waals surface area contributed by atoms with Gasteiger partial charge in [0.1, 0.15) is 17.2 Å². The van der Waals surface area contributed by atoms with Gasteiger partial charge in [0.25, 0.3) is 5.91 Å². The molecule has 3 heterocycles. The van der Waals surface area contributed by atoms with Gasteiger partial charge >= 0.3 is 0 Å². The van der Waals surface area contributed by atoms with E-state index in [0.717, 1.165) is 18.4 Å². The molecule has 1 aromatic carbocycles. The molecule has 8 nitrogen and oxygen atoms in total. The zero-order valence-corrected chi connectivity index (χ0v) is 24.2. The van der Waals surface area contributed by atoms with E-state index in [9.17, 15) is 4.79 Å². The van der Waals surface area contributed by atoms with Gasteiger partial charge in [-0.2, -0.15) is 5.10 Å². The molecule has 2 N–H and O–H groups in total. The number of hydrogen-bond acceptors (Lipinski definition) is 6. The largest absolute Gasteiger partial charge is 0.402 e. The second kappa shape index (κ2) is 9.74. The molecule has 3 aromatic heterocycles. The third-order valence-electron chi connectivity index (χ3n) is 6.50. The van der Waals surface area contributed by atoms with E-state index in [-0.39, 0.29) is 29.9 Å². The average Bonchev–Trinajstić information content (AvgIpc) is 3.61. The highest BCUT2D eigenvalue weighted by molar-refractivity contribution is 6.69. The van der Waals surface area contributed by atoms with Crippen molar-refractivity contribution in [3.05, 3.63) is 59.3 Å². The fourth-order valence-corrected chi connectivity index (χ4v) is 6.41. The summed E-state index contributed by atoms with van der Waals surface area (Å²) in [6.45, 7) is 10.6. The van der Waals surface area contributed by atoms with Gasteiger partial charge in [-0.1, -0.05) is 11.8 Å². The fraction of sp³-hybridized carbons (Fsp3) is 0.379. The molecule has 202 valence electrons. The van der Waals surface area contributed by atoms with Crippen molar-refractivity contribution >= 4 is 41.8 Å². The molecule has 0 aliphatic heterocycles. The Balaban J connectivity index is 1.40. The predicted octanol–water partition coefficient (Wildman–Crippen LogP) is 5.02. The van der Waals surface area contributed by atoms with Crippen LogP contribution in [0.4, 0.5) is 10.2 Å². The number of rotatable bonds is 6. The van der Waals surface area contributed by atoms with Crippen LogP contribution >= 0.6 is 0 Å². The number of nitrogen functional groups attached to an aromatic ring is 1. The van der Waals surface area contributed by atoms with Crippen LogP contribution < -0.4 is 5.73 Å². The normalized spacial score (nSPS) is 13.9. The van der Waals surface area contributed by atoms with Crippen LogP contribution in [0.15, 0.2) is 36.7 Å². The van der Waals surface area contributed by atoms with Crippen LogP contribution in [0.1, 0.15) is 48.3 Å². The van der Waals surface area contributed by atoms with Crippen molar-refractivity contribution in [2.75, 3.05) is 5.73 Å². The van der Waals surface area contributed by atoms with E-state index in [0.29, 0.717) is 27.5 Å². The molecule has 1 saturated carbocycles. The Morgan fingerprint density at radius 2 is 1.97 bits per heavy atom. The van der Waals surface area contributed by atoms with Gasteiger partial charge in [0.15, 0.2) is 8.32 Å². The Morgan fingerprint density at radius 1 is 1.23 bits per heavy atom. The number of benzene rings is 1. The topological polar surface area (TPSA) is 99.2 Å². The number of pyridine rings is 2. The highest BCUT2D eigenvalue weighted by Crippen LogP contribution is 2.33. The summed E-state index contributed by atoms with van der Waals surface area (Å²) >= 11 is 0. The highest BCUT2D eigenvalue weighted by atomic mass is 28.4. The standard InChI is InChI=1S/C29H33FN6O2Si/c1-29(2,38-39(4,5)6)12-11-18-7-8-19(32-15-18)17-36(20-9-10-20)28(37)21-13-22-25(14-24(21)30)34-27(31)23-16-33-35(3)26(22)23/h7-8,13-16,20H,9-10,17H2,1-6H3,(H2,31,34). The lowest BCUT2D eigenvalue weighted by molar-refractivity contribution is 0.0723. The van der Waals surface area contributed by atoms with Crippen LogP contribution in [0.2, 0.25) is 19.6 Å². The Labute approximate surface area is 228 Å². The Hall–Kier alpha value is -3.81. The first kappa shape index (κ1) is 26.8. The van der Waals surface area contributed by atoms with Crippen LogP contribution in [-0.2, 0) is 18.0 Å². The van der Waals surface area contributed by atoms with Gasteiger partial charge in [-0.05, 0) is 64.5 Å². The minimum absolute atomic E-state index is 0.00408. The maximum absolute atomic E-state index is 15.3. The minimum atomic E-state index is -1.73. The van der Waals surface area contributed by atoms with Crippen molar-refractivity contribution in [2.24, 2.45) is 7.05 Å². The van der Waals surface area contributed by atoms with E-state index >= 15 is 4.39 Å². The van der Waals surface area contributed by atoms with Gasteiger partial charge in [0.2, 0.25) is 0 Å². The molecule has 4 aromatic rings. The number of amides is 1. The molecule has 39 heavy (non-hydrogen) atoms. The molecule has 1 fully saturated rings. The van der Waals surface area contributed by atoms with Crippen molar-refractivity contribution < 1.29 is 13.6 Å². The Morgan fingerprint density at radius 3 is 2.62 bits per heavy atom. The summed E-state index contributed by atoms with van der Waals surface area (Å²) in [5.74, 6) is 5.61. The molecule has 0 atom stereocenters. The Kier molecular flexibility index (Phi) is 6.69. The van der Waals surface area contributed by atoms with Crippen molar-refractivity contribution in [3.63, 3.8) is 0 Å². The van der Waals surface area contributed by atoms with Gasteiger partial charge in [-0.25, -0.2) is 9.37 Å². The third-order valence-corrected chi connectivity index (χ3v) is 7.62. The number of aryl methyl sites for hydroxylation is 1. The lowest BCUT2D eigenvalue weighted by Crippen LogP contribution is -2.37. The molecule has 0 bridgehead atoms. The number of carbonyl (C=O) groups is 1. The number of aromatic nitrogens is 4. The summed E-state index contributed by atoms with van der Waals surface area (Å²) in [5.41, 5.74) is 8.07. The molecule has 1 aliphatic carbocycles. The van der Waals surface area contributed by atoms with Gasteiger partial charge in [-0.15, -0.1) is 0 Å². The van der Waals surface area contributed by atoms with Crippen molar-refractivity contribution in [1.82, 2.24) is 24.6 Å². The first-order valence-electron chi connectivity index (χ1n) is 13.0. The number of nitrogens with zero attached hydrogens (tertiary/aromatic N) is 5. The molecular weight excluding hydrogens is 511 g/mol. The van der Waals surface area contributed by atoms with E-state index in [1.807, 2.05) is 26.0 Å². The first-order chi connectivity index (χ1) is 18.3. The second-order valence-electron chi connectivity index (χ2n) is 11.6. The summed E-state index contributed by atoms with van der Waals surface area (Å²) in [7, 11) is 0.0479. The lowest BCUT2D eigenvalue weighted by Gasteiger charge is -2.28. The quantitative estimate of drug-likeness (QED) is 0.270. The van der Waals surface area contributed by atoms with E-state index in [1.165, 1.54) is 6.07 Å². The second-order valence-corrected chi connectivity index (χ2v) is 16.0. The van der Waals surface area contributed by atoms with Crippen LogP contribution in [-0.4, -0.2) is 50.5 Å². The molecule has 0 unspecified atom stereocenters. The molecule has 10 heteroatoms. The monoisotopic (exact) mass is 544 g/mol. The fourth-order valence-electron chi connectivity index (χ4n) is 4.83. The van der Waals surface area contributed by atoms with Gasteiger partial charge in [0.05, 0.1) is 40.4 Å². The summed E-state index contributed by atoms with van der Waals surface area (Å²) < 4.78 is 23.1. The number of anilines is 1. The number of halogens is 1. The number of hydrogen-bond donors (Lipinski definition) is 1. The van der Waals surface area contributed by atoms with Crippen molar-refractivity contribution in [2.45, 2.75) is 64.5 Å². The van der Waals surface area contributed by atoms with Crippen LogP contribution in [0.5, 0.6) is 0 Å². The zero-order valence-electron chi connectivity index (χ0n) is 23.2. The Bertz CT molecular complexity index is 1640. The van der Waals surface area contributed by atoms with E-state index < -0.39 is 19.7 Å². The lowest BCUT2D eigenvalue weighted by atomic mass is 10.1. The van der Waals surface area contributed by atoms with Crippen LogP contribution in [0.3, 0.4) is 0 Å². The summed E-state index contributed by atoms with van der Waals surface area (Å²) in [6, 6.07) is 6.64. The molecule has 0 saturated heterocycles. The molecule has 5 rings (SSSR count). The van der Waals surface area contributed by atoms with E-state index in [1.54, 1.807) is 35.1 Å². The number of fused-ring (bicyclic) bond motifs is 3. The molecule has 0 radical (unpaired) electrons. The minimum Gasteiger partial charge on any atom is -0.402 e. The highest BCUT2D eigenvalue weighted by Gasteiger charge is 2.35. The van der Waals surface area contributed by atoms with Crippen molar-refractivity contribution in [1.29, 1.82) is 0 Å². The van der Waals surface area contributed by atoms with Crippen LogP contribution in [0, 0.1) is 17.7 Å². The summed E-state index contributed by atoms with van der Waals surface area (Å²) in [5, 5.41) is 5.56. The summed E-state index contributed by atoms with van der Waals surface area (Å²) in [6.07, 6.45) is 5.08. The predicted molar refractivity (Wildman–Crippen MR) is 153 cm³/mol.